The van der Waals surface area contributed by atoms with Crippen molar-refractivity contribution in [3.8, 4) is 11.1 Å². The fourth-order valence-corrected chi connectivity index (χ4v) is 5.15. The lowest BCUT2D eigenvalue weighted by atomic mass is 9.88. The summed E-state index contributed by atoms with van der Waals surface area (Å²) < 4.78 is 0. The number of allylic oxidation sites excluding steroid dienone is 3. The van der Waals surface area contributed by atoms with Gasteiger partial charge in [0, 0.05) is 36.9 Å². The molecule has 3 aromatic rings. The van der Waals surface area contributed by atoms with Gasteiger partial charge in [0.15, 0.2) is 12.5 Å². The first kappa shape index (κ1) is 23.6. The molecule has 0 fully saturated rings. The Kier molecular flexibility index (Phi) is 6.70. The average molecular weight is 475 g/mol. The molecule has 3 aromatic carbocycles. The summed E-state index contributed by atoms with van der Waals surface area (Å²) in [5.74, 6) is 0.304. The Balaban J connectivity index is 1.51. The molecule has 0 spiro atoms. The Hall–Kier alpha value is -4.15. The van der Waals surface area contributed by atoms with Crippen molar-refractivity contribution >= 4 is 12.0 Å². The Morgan fingerprint density at radius 3 is 2.17 bits per heavy atom. The Morgan fingerprint density at radius 2 is 1.58 bits per heavy atom. The summed E-state index contributed by atoms with van der Waals surface area (Å²) in [5, 5.41) is 14.5. The molecule has 2 atom stereocenters. The lowest BCUT2D eigenvalue weighted by molar-refractivity contribution is -0.104. The number of aldehydes is 1. The summed E-state index contributed by atoms with van der Waals surface area (Å²) in [7, 11) is 3.66. The van der Waals surface area contributed by atoms with Gasteiger partial charge < -0.3 is 15.3 Å². The number of aliphatic hydroxyl groups excluding tert-OH is 1. The topological polar surface area (TPSA) is 52.6 Å². The van der Waals surface area contributed by atoms with E-state index in [-0.39, 0.29) is 0 Å². The van der Waals surface area contributed by atoms with Crippen molar-refractivity contribution in [2.45, 2.75) is 18.6 Å². The number of carbonyl (C=O) groups is 1. The largest absolute Gasteiger partial charge is 0.387 e. The highest BCUT2D eigenvalue weighted by Crippen LogP contribution is 2.40. The fourth-order valence-electron chi connectivity index (χ4n) is 5.15. The number of rotatable bonds is 6. The van der Waals surface area contributed by atoms with E-state index in [0.717, 1.165) is 46.4 Å². The van der Waals surface area contributed by atoms with E-state index < -0.39 is 6.23 Å². The molecule has 1 aliphatic heterocycles. The number of aliphatic hydroxyl groups is 1. The van der Waals surface area contributed by atoms with Crippen LogP contribution in [0.15, 0.2) is 126 Å². The van der Waals surface area contributed by atoms with E-state index in [1.54, 1.807) is 4.90 Å². The maximum Gasteiger partial charge on any atom is 0.155 e. The van der Waals surface area contributed by atoms with Gasteiger partial charge in [0.2, 0.25) is 0 Å². The molecule has 2 N–H and O–H groups in total. The molecule has 180 valence electrons. The quantitative estimate of drug-likeness (QED) is 0.452. The summed E-state index contributed by atoms with van der Waals surface area (Å²) in [6.07, 6.45) is 7.19. The zero-order valence-corrected chi connectivity index (χ0v) is 20.6. The van der Waals surface area contributed by atoms with Crippen molar-refractivity contribution in [3.05, 3.63) is 137 Å². The first-order valence-electron chi connectivity index (χ1n) is 12.2. The van der Waals surface area contributed by atoms with Gasteiger partial charge in [-0.15, -0.1) is 0 Å². The molecule has 36 heavy (non-hydrogen) atoms. The molecular weight excluding hydrogens is 444 g/mol. The minimum atomic E-state index is -0.933. The Bertz CT molecular complexity index is 1370. The van der Waals surface area contributed by atoms with Crippen molar-refractivity contribution in [2.75, 3.05) is 14.1 Å². The molecule has 2 aliphatic rings. The second kappa shape index (κ2) is 10.2. The highest BCUT2D eigenvalue weighted by molar-refractivity contribution is 5.91. The van der Waals surface area contributed by atoms with E-state index in [4.69, 9.17) is 0 Å². The van der Waals surface area contributed by atoms with Gasteiger partial charge in [-0.05, 0) is 34.2 Å². The molecule has 2 unspecified atom stereocenters. The molecule has 4 heteroatoms. The van der Waals surface area contributed by atoms with Gasteiger partial charge in [0.1, 0.15) is 0 Å². The molecule has 0 aromatic heterocycles. The molecule has 1 aliphatic carbocycles. The van der Waals surface area contributed by atoms with Crippen molar-refractivity contribution in [3.63, 3.8) is 0 Å². The summed E-state index contributed by atoms with van der Waals surface area (Å²) in [6.45, 7) is 0. The summed E-state index contributed by atoms with van der Waals surface area (Å²) in [4.78, 5) is 14.2. The van der Waals surface area contributed by atoms with Crippen LogP contribution in [0.4, 0.5) is 0 Å². The first-order valence-corrected chi connectivity index (χ1v) is 12.2. The zero-order chi connectivity index (χ0) is 25.1. The van der Waals surface area contributed by atoms with Gasteiger partial charge in [0.05, 0.1) is 5.70 Å². The molecule has 5 rings (SSSR count). The molecule has 0 saturated carbocycles. The Morgan fingerprint density at radius 1 is 0.944 bits per heavy atom. The maximum absolute atomic E-state index is 12.4. The van der Waals surface area contributed by atoms with E-state index in [2.05, 4.69) is 72.1 Å². The molecule has 4 nitrogen and oxygen atoms in total. The summed E-state index contributed by atoms with van der Waals surface area (Å²) in [5.41, 5.74) is 7.99. The highest BCUT2D eigenvalue weighted by atomic mass is 16.3. The van der Waals surface area contributed by atoms with E-state index in [1.807, 2.05) is 50.5 Å². The molecule has 1 heterocycles. The standard InChI is InChI=1S/C32H30N2O2/c1-33-30(26-17-13-24(14-18-26)22-9-5-3-6-10-22)29-28(21-35)31(34(2)32(29)36)27-19-15-25(16-20-27)23-11-7-4-8-12-23/h3-15,17-21,25,32-33,36H,16H2,1-2H3/b30-29+. The third kappa shape index (κ3) is 4.32. The SMILES string of the molecule is CN/C(=C1\C(C=O)=C(C2=CCC(c3ccccc3)C=C2)N(C)C1O)c1ccc(-c2ccccc2)cc1. The van der Waals surface area contributed by atoms with Gasteiger partial charge in [0.25, 0.3) is 0 Å². The predicted molar refractivity (Wildman–Crippen MR) is 146 cm³/mol. The number of nitrogens with one attached hydrogen (secondary N) is 1. The number of likely N-dealkylation sites (N-methyl/N-ethyl adjacent to an activating group) is 1. The third-order valence-electron chi connectivity index (χ3n) is 7.04. The van der Waals surface area contributed by atoms with Gasteiger partial charge >= 0.3 is 0 Å². The first-order chi connectivity index (χ1) is 17.6. The summed E-state index contributed by atoms with van der Waals surface area (Å²) in [6, 6.07) is 28.8. The van der Waals surface area contributed by atoms with Gasteiger partial charge in [-0.2, -0.15) is 0 Å². The lowest BCUT2D eigenvalue weighted by Gasteiger charge is -2.25. The van der Waals surface area contributed by atoms with Gasteiger partial charge in [-0.1, -0.05) is 103 Å². The molecular formula is C32H30N2O2. The van der Waals surface area contributed by atoms with Crippen LogP contribution in [0.1, 0.15) is 23.5 Å². The van der Waals surface area contributed by atoms with Crippen LogP contribution in [0.3, 0.4) is 0 Å². The minimum Gasteiger partial charge on any atom is -0.387 e. The predicted octanol–water partition coefficient (Wildman–Crippen LogP) is 5.67. The van der Waals surface area contributed by atoms with Crippen LogP contribution in [0.5, 0.6) is 0 Å². The van der Waals surface area contributed by atoms with Crippen LogP contribution in [-0.2, 0) is 4.79 Å². The van der Waals surface area contributed by atoms with Crippen molar-refractivity contribution < 1.29 is 9.90 Å². The number of benzene rings is 3. The van der Waals surface area contributed by atoms with E-state index in [9.17, 15) is 9.90 Å². The monoisotopic (exact) mass is 474 g/mol. The van der Waals surface area contributed by atoms with Crippen molar-refractivity contribution in [2.24, 2.45) is 0 Å². The molecule has 0 amide bonds. The highest BCUT2D eigenvalue weighted by Gasteiger charge is 2.36. The Labute approximate surface area is 212 Å². The number of hydrogen-bond acceptors (Lipinski definition) is 4. The second-order valence-electron chi connectivity index (χ2n) is 9.12. The molecule has 0 saturated heterocycles. The maximum atomic E-state index is 12.4. The smallest absolute Gasteiger partial charge is 0.155 e. The number of hydrogen-bond donors (Lipinski definition) is 2. The molecule has 0 radical (unpaired) electrons. The van der Waals surface area contributed by atoms with Crippen LogP contribution in [0, 0.1) is 0 Å². The van der Waals surface area contributed by atoms with Crippen LogP contribution < -0.4 is 5.32 Å². The average Bonchev–Trinajstić information content (AvgIpc) is 3.20. The van der Waals surface area contributed by atoms with Crippen LogP contribution >= 0.6 is 0 Å². The van der Waals surface area contributed by atoms with E-state index >= 15 is 0 Å². The fraction of sp³-hybridized carbons (Fsp3) is 0.156. The second-order valence-corrected chi connectivity index (χ2v) is 9.12. The van der Waals surface area contributed by atoms with Crippen LogP contribution in [0.25, 0.3) is 16.8 Å². The normalized spacial score (nSPS) is 20.9. The van der Waals surface area contributed by atoms with E-state index in [1.165, 1.54) is 5.56 Å². The van der Waals surface area contributed by atoms with Gasteiger partial charge in [-0.25, -0.2) is 0 Å². The van der Waals surface area contributed by atoms with Crippen LogP contribution in [-0.4, -0.2) is 36.6 Å². The summed E-state index contributed by atoms with van der Waals surface area (Å²) >= 11 is 0. The van der Waals surface area contributed by atoms with Gasteiger partial charge in [-0.3, -0.25) is 4.79 Å². The zero-order valence-electron chi connectivity index (χ0n) is 20.6. The number of nitrogens with zero attached hydrogens (tertiary/aromatic N) is 1. The lowest BCUT2D eigenvalue weighted by Crippen LogP contribution is -2.28. The van der Waals surface area contributed by atoms with Crippen LogP contribution in [0.2, 0.25) is 0 Å². The minimum absolute atomic E-state index is 0.304. The molecule has 0 bridgehead atoms. The number of carbonyl (C=O) groups excluding carboxylic acids is 1. The van der Waals surface area contributed by atoms with E-state index in [0.29, 0.717) is 17.1 Å². The van der Waals surface area contributed by atoms with Crippen molar-refractivity contribution in [1.29, 1.82) is 0 Å². The third-order valence-corrected chi connectivity index (χ3v) is 7.04. The van der Waals surface area contributed by atoms with Crippen molar-refractivity contribution in [1.82, 2.24) is 10.2 Å².